The summed E-state index contributed by atoms with van der Waals surface area (Å²) in [7, 11) is -3.43. The minimum atomic E-state index is -3.43. The highest BCUT2D eigenvalue weighted by atomic mass is 32.2. The Morgan fingerprint density at radius 2 is 1.63 bits per heavy atom. The quantitative estimate of drug-likeness (QED) is 0.624. The largest absolute Gasteiger partial charge is 0.481 e. The molecule has 1 saturated heterocycles. The van der Waals surface area contributed by atoms with Crippen molar-refractivity contribution in [1.29, 1.82) is 0 Å². The van der Waals surface area contributed by atoms with Gasteiger partial charge in [0.25, 0.3) is 0 Å². The molecule has 0 spiro atoms. The molecule has 2 aromatic carbocycles. The Labute approximate surface area is 203 Å². The first-order valence-electron chi connectivity index (χ1n) is 11.6. The van der Waals surface area contributed by atoms with Crippen molar-refractivity contribution in [2.45, 2.75) is 36.8 Å². The fraction of sp³-hybridized carbons (Fsp3) is 0.400. The smallest absolute Gasteiger partial charge is 0.408 e. The van der Waals surface area contributed by atoms with Crippen molar-refractivity contribution in [2.24, 2.45) is 0 Å². The number of amides is 2. The van der Waals surface area contributed by atoms with Gasteiger partial charge >= 0.3 is 12.1 Å². The maximum atomic E-state index is 13.3. The molecule has 5 rings (SSSR count). The van der Waals surface area contributed by atoms with Crippen LogP contribution in [0.4, 0.5) is 4.79 Å². The minimum absolute atomic E-state index is 0.0900. The van der Waals surface area contributed by atoms with E-state index in [1.165, 1.54) is 4.90 Å². The van der Waals surface area contributed by atoms with Crippen LogP contribution in [0, 0.1) is 0 Å². The average Bonchev–Trinajstić information content (AvgIpc) is 3.52. The fourth-order valence-corrected chi connectivity index (χ4v) is 6.67. The number of alkyl carbamates (subject to hydrolysis) is 1. The van der Waals surface area contributed by atoms with Crippen LogP contribution in [0.5, 0.6) is 0 Å². The van der Waals surface area contributed by atoms with Gasteiger partial charge < -0.3 is 20.1 Å². The number of carbonyl (C=O) groups is 3. The van der Waals surface area contributed by atoms with Gasteiger partial charge in [0.2, 0.25) is 5.91 Å². The summed E-state index contributed by atoms with van der Waals surface area (Å²) in [5.41, 5.74) is 3.18. The van der Waals surface area contributed by atoms with Crippen LogP contribution >= 0.6 is 0 Å². The van der Waals surface area contributed by atoms with Crippen molar-refractivity contribution in [3.63, 3.8) is 0 Å². The number of nitrogens with zero attached hydrogens (tertiary/aromatic N) is 1. The Morgan fingerprint density at radius 3 is 2.20 bits per heavy atom. The number of carboxylic acids is 1. The lowest BCUT2D eigenvalue weighted by molar-refractivity contribution is -0.141. The first kappa shape index (κ1) is 23.3. The van der Waals surface area contributed by atoms with Crippen molar-refractivity contribution in [1.82, 2.24) is 10.2 Å². The molecule has 1 aliphatic heterocycles. The molecule has 1 atom stereocenters. The number of hydrogen-bond acceptors (Lipinski definition) is 6. The van der Waals surface area contributed by atoms with Gasteiger partial charge in [0.15, 0.2) is 9.84 Å². The number of hydrogen-bond donors (Lipinski definition) is 2. The standard InChI is InChI=1S/C25H26N2O7S/c28-22(29)13-16-15-35(32,33)12-11-27(16)23(30)25(9-10-25)26-24(31)34-14-21-19-7-3-1-5-17(19)18-6-2-4-8-20(18)21/h1-8,16,21H,9-15H2,(H,26,31)(H,28,29). The topological polar surface area (TPSA) is 130 Å². The highest BCUT2D eigenvalue weighted by Crippen LogP contribution is 2.44. The second kappa shape index (κ2) is 8.67. The van der Waals surface area contributed by atoms with Crippen molar-refractivity contribution >= 4 is 27.8 Å². The van der Waals surface area contributed by atoms with E-state index in [0.29, 0.717) is 12.8 Å². The number of aliphatic carboxylic acids is 1. The molecule has 35 heavy (non-hydrogen) atoms. The van der Waals surface area contributed by atoms with Crippen LogP contribution in [0.25, 0.3) is 11.1 Å². The first-order chi connectivity index (χ1) is 16.7. The summed E-state index contributed by atoms with van der Waals surface area (Å²) in [6.45, 7) is 0.0148. The van der Waals surface area contributed by atoms with Crippen molar-refractivity contribution < 1.29 is 32.6 Å². The van der Waals surface area contributed by atoms with E-state index in [9.17, 15) is 27.9 Å². The molecule has 0 radical (unpaired) electrons. The van der Waals surface area contributed by atoms with E-state index < -0.39 is 51.6 Å². The molecular formula is C25H26N2O7S. The number of carboxylic acid groups (broad SMARTS) is 1. The molecule has 2 aromatic rings. The molecule has 9 nitrogen and oxygen atoms in total. The number of ether oxygens (including phenoxy) is 1. The first-order valence-corrected chi connectivity index (χ1v) is 13.4. The van der Waals surface area contributed by atoms with E-state index in [2.05, 4.69) is 5.32 Å². The van der Waals surface area contributed by atoms with Gasteiger partial charge in [-0.2, -0.15) is 0 Å². The van der Waals surface area contributed by atoms with E-state index >= 15 is 0 Å². The van der Waals surface area contributed by atoms with Crippen LogP contribution in [0.15, 0.2) is 48.5 Å². The molecule has 1 heterocycles. The lowest BCUT2D eigenvalue weighted by Crippen LogP contribution is -2.59. The number of benzene rings is 2. The summed E-state index contributed by atoms with van der Waals surface area (Å²) >= 11 is 0. The minimum Gasteiger partial charge on any atom is -0.481 e. The molecule has 2 amide bonds. The third kappa shape index (κ3) is 4.50. The maximum absolute atomic E-state index is 13.3. The van der Waals surface area contributed by atoms with E-state index in [1.807, 2.05) is 48.5 Å². The Bertz CT molecular complexity index is 1260. The third-order valence-electron chi connectivity index (χ3n) is 7.05. The van der Waals surface area contributed by atoms with Crippen LogP contribution in [0.3, 0.4) is 0 Å². The predicted octanol–water partition coefficient (Wildman–Crippen LogP) is 2.16. The zero-order valence-corrected chi connectivity index (χ0v) is 19.8. The number of sulfone groups is 1. The van der Waals surface area contributed by atoms with Gasteiger partial charge in [-0.3, -0.25) is 9.59 Å². The van der Waals surface area contributed by atoms with E-state index in [4.69, 9.17) is 4.74 Å². The van der Waals surface area contributed by atoms with Crippen molar-refractivity contribution in [3.8, 4) is 11.1 Å². The summed E-state index contributed by atoms with van der Waals surface area (Å²) in [6.07, 6.45) is -0.415. The van der Waals surface area contributed by atoms with Crippen LogP contribution < -0.4 is 5.32 Å². The van der Waals surface area contributed by atoms with Crippen LogP contribution in [-0.4, -0.2) is 72.6 Å². The monoisotopic (exact) mass is 498 g/mol. The summed E-state index contributed by atoms with van der Waals surface area (Å²) < 4.78 is 29.6. The maximum Gasteiger partial charge on any atom is 0.408 e. The summed E-state index contributed by atoms with van der Waals surface area (Å²) in [4.78, 5) is 38.6. The molecule has 184 valence electrons. The molecular weight excluding hydrogens is 472 g/mol. The zero-order valence-electron chi connectivity index (χ0n) is 19.0. The summed E-state index contributed by atoms with van der Waals surface area (Å²) in [5.74, 6) is -2.38. The highest BCUT2D eigenvalue weighted by Gasteiger charge is 2.55. The van der Waals surface area contributed by atoms with Crippen LogP contribution in [0.1, 0.15) is 36.3 Å². The lowest BCUT2D eigenvalue weighted by atomic mass is 9.98. The van der Waals surface area contributed by atoms with E-state index in [1.54, 1.807) is 0 Å². The molecule has 0 aromatic heterocycles. The van der Waals surface area contributed by atoms with Gasteiger partial charge in [-0.1, -0.05) is 48.5 Å². The van der Waals surface area contributed by atoms with Gasteiger partial charge in [0, 0.05) is 12.5 Å². The molecule has 2 fully saturated rings. The Balaban J connectivity index is 1.26. The van der Waals surface area contributed by atoms with Gasteiger partial charge in [0.05, 0.1) is 24.0 Å². The molecule has 1 saturated carbocycles. The van der Waals surface area contributed by atoms with E-state index in [0.717, 1.165) is 22.3 Å². The summed E-state index contributed by atoms with van der Waals surface area (Å²) in [6, 6.07) is 15.0. The number of rotatable bonds is 6. The van der Waals surface area contributed by atoms with Gasteiger partial charge in [-0.25, -0.2) is 13.2 Å². The number of nitrogens with one attached hydrogen (secondary N) is 1. The van der Waals surface area contributed by atoms with Gasteiger partial charge in [0.1, 0.15) is 12.1 Å². The molecule has 2 N–H and O–H groups in total. The highest BCUT2D eigenvalue weighted by molar-refractivity contribution is 7.91. The van der Waals surface area contributed by atoms with Crippen molar-refractivity contribution in [3.05, 3.63) is 59.7 Å². The second-order valence-corrected chi connectivity index (χ2v) is 11.6. The molecule has 1 unspecified atom stereocenters. The third-order valence-corrected chi connectivity index (χ3v) is 8.74. The molecule has 10 heteroatoms. The molecule has 2 aliphatic carbocycles. The lowest BCUT2D eigenvalue weighted by Gasteiger charge is -2.37. The predicted molar refractivity (Wildman–Crippen MR) is 127 cm³/mol. The fourth-order valence-electron chi connectivity index (χ4n) is 5.15. The molecule has 3 aliphatic rings. The zero-order chi connectivity index (χ0) is 24.8. The van der Waals surface area contributed by atoms with E-state index in [-0.39, 0.29) is 24.8 Å². The SMILES string of the molecule is O=C(O)CC1CS(=O)(=O)CCN1C(=O)C1(NC(=O)OCC2c3ccccc3-c3ccccc32)CC1. The van der Waals surface area contributed by atoms with Crippen LogP contribution in [0.2, 0.25) is 0 Å². The van der Waals surface area contributed by atoms with Crippen molar-refractivity contribution in [2.75, 3.05) is 24.7 Å². The van der Waals surface area contributed by atoms with Crippen LogP contribution in [-0.2, 0) is 24.2 Å². The Hall–Kier alpha value is -3.40. The Kier molecular flexibility index (Phi) is 5.79. The average molecular weight is 499 g/mol. The normalized spacial score (nSPS) is 21.5. The van der Waals surface area contributed by atoms with Gasteiger partial charge in [-0.05, 0) is 35.1 Å². The van der Waals surface area contributed by atoms with Gasteiger partial charge in [-0.15, -0.1) is 0 Å². The number of fused-ring (bicyclic) bond motifs is 3. The summed E-state index contributed by atoms with van der Waals surface area (Å²) in [5, 5.41) is 11.9. The Morgan fingerprint density at radius 1 is 1.03 bits per heavy atom. The second-order valence-electron chi connectivity index (χ2n) is 9.40. The number of carbonyl (C=O) groups excluding carboxylic acids is 2. The molecule has 0 bridgehead atoms.